The van der Waals surface area contributed by atoms with E-state index in [4.69, 9.17) is 9.47 Å². The van der Waals surface area contributed by atoms with Crippen molar-refractivity contribution in [1.29, 1.82) is 0 Å². The topological polar surface area (TPSA) is 71.5 Å². The second kappa shape index (κ2) is 11.7. The van der Waals surface area contributed by atoms with Gasteiger partial charge in [0.05, 0.1) is 20.8 Å². The van der Waals surface area contributed by atoms with Crippen LogP contribution in [-0.2, 0) is 16.1 Å². The summed E-state index contributed by atoms with van der Waals surface area (Å²) in [5.41, 5.74) is 0.990. The quantitative estimate of drug-likeness (QED) is 0.559. The minimum Gasteiger partial charge on any atom is -0.493 e. The van der Waals surface area contributed by atoms with Crippen molar-refractivity contribution in [2.24, 2.45) is 0 Å². The van der Waals surface area contributed by atoms with Crippen LogP contribution in [0.5, 0.6) is 11.5 Å². The first-order valence-electron chi connectivity index (χ1n) is 8.88. The van der Waals surface area contributed by atoms with Gasteiger partial charge in [0.2, 0.25) is 0 Å². The second-order valence-corrected chi connectivity index (χ2v) is 6.18. The molecule has 148 valence electrons. The van der Waals surface area contributed by atoms with Gasteiger partial charge in [-0.05, 0) is 37.8 Å². The Morgan fingerprint density at radius 2 is 1.88 bits per heavy atom. The van der Waals surface area contributed by atoms with E-state index in [1.54, 1.807) is 7.11 Å². The Bertz CT molecular complexity index is 549. The van der Waals surface area contributed by atoms with Crippen molar-refractivity contribution in [3.8, 4) is 11.5 Å². The molecule has 1 atom stereocenters. The lowest BCUT2D eigenvalue weighted by Crippen LogP contribution is -2.35. The van der Waals surface area contributed by atoms with Gasteiger partial charge in [-0.1, -0.05) is 19.9 Å². The van der Waals surface area contributed by atoms with Gasteiger partial charge in [0.15, 0.2) is 11.5 Å². The molecule has 1 rings (SSSR count). The Morgan fingerprint density at radius 3 is 2.46 bits per heavy atom. The number of hydrogen-bond acceptors (Lipinski definition) is 7. The molecule has 26 heavy (non-hydrogen) atoms. The summed E-state index contributed by atoms with van der Waals surface area (Å²) in [5, 5.41) is 10.1. The fraction of sp³-hybridized carbons (Fsp3) is 0.632. The Hall–Kier alpha value is -1.83. The van der Waals surface area contributed by atoms with E-state index in [9.17, 15) is 9.90 Å². The Kier molecular flexibility index (Phi) is 10.0. The molecule has 0 aromatic heterocycles. The van der Waals surface area contributed by atoms with E-state index >= 15 is 0 Å². The first kappa shape index (κ1) is 22.2. The van der Waals surface area contributed by atoms with Crippen LogP contribution in [0.25, 0.3) is 0 Å². The lowest BCUT2D eigenvalue weighted by atomic mass is 10.2. The Labute approximate surface area is 156 Å². The van der Waals surface area contributed by atoms with Gasteiger partial charge < -0.3 is 24.2 Å². The van der Waals surface area contributed by atoms with Crippen LogP contribution in [0.2, 0.25) is 0 Å². The van der Waals surface area contributed by atoms with Gasteiger partial charge in [0, 0.05) is 13.1 Å². The summed E-state index contributed by atoms with van der Waals surface area (Å²) in [6.45, 7) is 7.49. The molecule has 0 aliphatic rings. The van der Waals surface area contributed by atoms with E-state index in [0.29, 0.717) is 24.6 Å². The van der Waals surface area contributed by atoms with E-state index in [1.807, 2.05) is 30.1 Å². The minimum absolute atomic E-state index is 0.203. The van der Waals surface area contributed by atoms with Crippen LogP contribution in [0, 0.1) is 0 Å². The summed E-state index contributed by atoms with van der Waals surface area (Å²) in [7, 11) is 4.80. The first-order chi connectivity index (χ1) is 12.4. The van der Waals surface area contributed by atoms with Crippen molar-refractivity contribution in [3.63, 3.8) is 0 Å². The lowest BCUT2D eigenvalue weighted by Gasteiger charge is -2.22. The molecular formula is C19H32N2O5. The van der Waals surface area contributed by atoms with Crippen molar-refractivity contribution >= 4 is 5.97 Å². The number of aliphatic hydroxyl groups excluding tert-OH is 1. The highest BCUT2D eigenvalue weighted by Crippen LogP contribution is 2.28. The predicted octanol–water partition coefficient (Wildman–Crippen LogP) is 1.38. The van der Waals surface area contributed by atoms with Crippen LogP contribution < -0.4 is 9.47 Å². The summed E-state index contributed by atoms with van der Waals surface area (Å²) in [6.07, 6.45) is -0.564. The van der Waals surface area contributed by atoms with Crippen molar-refractivity contribution in [3.05, 3.63) is 23.8 Å². The molecule has 1 unspecified atom stereocenters. The Morgan fingerprint density at radius 1 is 1.19 bits per heavy atom. The highest BCUT2D eigenvalue weighted by molar-refractivity contribution is 5.71. The number of ether oxygens (including phenoxy) is 3. The molecule has 1 aromatic rings. The molecule has 0 fully saturated rings. The second-order valence-electron chi connectivity index (χ2n) is 6.18. The maximum absolute atomic E-state index is 11.3. The van der Waals surface area contributed by atoms with E-state index in [-0.39, 0.29) is 19.1 Å². The van der Waals surface area contributed by atoms with E-state index < -0.39 is 6.10 Å². The van der Waals surface area contributed by atoms with Crippen molar-refractivity contribution in [2.45, 2.75) is 26.5 Å². The summed E-state index contributed by atoms with van der Waals surface area (Å²) < 4.78 is 15.8. The highest BCUT2D eigenvalue weighted by atomic mass is 16.5. The zero-order valence-electron chi connectivity index (χ0n) is 16.5. The third kappa shape index (κ3) is 7.59. The van der Waals surface area contributed by atoms with Gasteiger partial charge in [0.25, 0.3) is 0 Å². The van der Waals surface area contributed by atoms with Crippen LogP contribution in [-0.4, -0.2) is 81.0 Å². The van der Waals surface area contributed by atoms with E-state index in [0.717, 1.165) is 18.7 Å². The number of nitrogens with zero attached hydrogens (tertiary/aromatic N) is 2. The maximum atomic E-state index is 11.3. The molecule has 0 radical (unpaired) electrons. The normalized spacial score (nSPS) is 12.3. The molecule has 1 aromatic carbocycles. The van der Waals surface area contributed by atoms with Gasteiger partial charge in [-0.2, -0.15) is 0 Å². The number of aliphatic hydroxyl groups is 1. The molecular weight excluding hydrogens is 336 g/mol. The molecule has 7 heteroatoms. The van der Waals surface area contributed by atoms with E-state index in [1.165, 1.54) is 7.11 Å². The van der Waals surface area contributed by atoms with Crippen molar-refractivity contribution in [1.82, 2.24) is 9.80 Å². The fourth-order valence-electron chi connectivity index (χ4n) is 2.60. The zero-order chi connectivity index (χ0) is 19.5. The third-order valence-electron chi connectivity index (χ3n) is 4.10. The highest BCUT2D eigenvalue weighted by Gasteiger charge is 2.13. The zero-order valence-corrected chi connectivity index (χ0v) is 16.5. The average Bonchev–Trinajstić information content (AvgIpc) is 2.64. The number of benzene rings is 1. The molecule has 0 saturated carbocycles. The number of methoxy groups -OCH3 is 2. The van der Waals surface area contributed by atoms with Crippen LogP contribution in [0.4, 0.5) is 0 Å². The van der Waals surface area contributed by atoms with Crippen LogP contribution >= 0.6 is 0 Å². The summed E-state index contributed by atoms with van der Waals surface area (Å²) >= 11 is 0. The number of esters is 1. The minimum atomic E-state index is -0.564. The lowest BCUT2D eigenvalue weighted by molar-refractivity contribution is -0.141. The van der Waals surface area contributed by atoms with Crippen molar-refractivity contribution in [2.75, 3.05) is 54.1 Å². The fourth-order valence-corrected chi connectivity index (χ4v) is 2.60. The van der Waals surface area contributed by atoms with Gasteiger partial charge in [-0.15, -0.1) is 0 Å². The largest absolute Gasteiger partial charge is 0.493 e. The van der Waals surface area contributed by atoms with Crippen LogP contribution in [0.15, 0.2) is 18.2 Å². The molecule has 0 heterocycles. The average molecular weight is 368 g/mol. The number of rotatable bonds is 12. The van der Waals surface area contributed by atoms with Crippen LogP contribution in [0.1, 0.15) is 19.4 Å². The SMILES string of the molecule is CCN(CC)CC(O)COc1ccc(CN(C)CC(=O)OC)cc1OC. The molecule has 0 bridgehead atoms. The van der Waals surface area contributed by atoms with Gasteiger partial charge in [-0.25, -0.2) is 0 Å². The molecule has 0 saturated heterocycles. The van der Waals surface area contributed by atoms with Gasteiger partial charge >= 0.3 is 5.97 Å². The molecule has 7 nitrogen and oxygen atoms in total. The van der Waals surface area contributed by atoms with Crippen molar-refractivity contribution < 1.29 is 24.1 Å². The molecule has 1 N–H and O–H groups in total. The summed E-state index contributed by atoms with van der Waals surface area (Å²) in [4.78, 5) is 15.3. The van der Waals surface area contributed by atoms with Gasteiger partial charge in [-0.3, -0.25) is 9.69 Å². The molecule has 0 aliphatic heterocycles. The molecule has 0 aliphatic carbocycles. The van der Waals surface area contributed by atoms with Crippen LogP contribution in [0.3, 0.4) is 0 Å². The number of likely N-dealkylation sites (N-methyl/N-ethyl adjacent to an activating group) is 2. The number of hydrogen-bond donors (Lipinski definition) is 1. The number of carbonyl (C=O) groups is 1. The number of carbonyl (C=O) groups excluding carboxylic acids is 1. The van der Waals surface area contributed by atoms with Gasteiger partial charge in [0.1, 0.15) is 12.7 Å². The summed E-state index contributed by atoms with van der Waals surface area (Å²) in [6, 6.07) is 5.62. The molecule has 0 spiro atoms. The van der Waals surface area contributed by atoms with E-state index in [2.05, 4.69) is 23.5 Å². The monoisotopic (exact) mass is 368 g/mol. The standard InChI is InChI=1S/C19H32N2O5/c1-6-21(7-2)12-16(22)14-26-17-9-8-15(10-18(17)24-4)11-20(3)13-19(23)25-5/h8-10,16,22H,6-7,11-14H2,1-5H3. The third-order valence-corrected chi connectivity index (χ3v) is 4.10. The summed E-state index contributed by atoms with van der Waals surface area (Å²) in [5.74, 6) is 0.913. The predicted molar refractivity (Wildman–Crippen MR) is 101 cm³/mol. The Balaban J connectivity index is 2.63. The smallest absolute Gasteiger partial charge is 0.319 e. The molecule has 0 amide bonds. The first-order valence-corrected chi connectivity index (χ1v) is 8.88. The maximum Gasteiger partial charge on any atom is 0.319 e.